The second-order valence-corrected chi connectivity index (χ2v) is 14.2. The van der Waals surface area contributed by atoms with E-state index < -0.39 is 35.7 Å². The fourth-order valence-corrected chi connectivity index (χ4v) is 7.54. The van der Waals surface area contributed by atoms with E-state index in [1.165, 1.54) is 15.5 Å². The third-order valence-corrected chi connectivity index (χ3v) is 10.5. The molecule has 298 valence electrons. The van der Waals surface area contributed by atoms with Gasteiger partial charge in [-0.1, -0.05) is 12.1 Å². The van der Waals surface area contributed by atoms with Gasteiger partial charge < -0.3 is 28.9 Å². The monoisotopic (exact) mass is 781 g/mol. The van der Waals surface area contributed by atoms with Crippen molar-refractivity contribution in [2.45, 2.75) is 44.4 Å². The lowest BCUT2D eigenvalue weighted by molar-refractivity contribution is -0.141. The van der Waals surface area contributed by atoms with Crippen LogP contribution in [0.1, 0.15) is 51.1 Å². The Kier molecular flexibility index (Phi) is 11.4. The second kappa shape index (κ2) is 16.2. The highest BCUT2D eigenvalue weighted by Gasteiger charge is 2.46. The fourth-order valence-electron chi connectivity index (χ4n) is 7.54. The van der Waals surface area contributed by atoms with Crippen molar-refractivity contribution >= 4 is 52.6 Å². The Balaban J connectivity index is 0.00000177. The number of carbonyl (C=O) groups excluding carboxylic acids is 5. The SMILES string of the molecule is COc1cc(-c2cn(C)c(=O)c3cnc(N(C)C)cc23)cc(OC)c1CN1CC[C@H]1C(=O)N(C)Cc1cccc2c1C(=O)N(C1CCC(=O)NC1=O)C2=O.O=CO. The average molecular weight is 782 g/mol. The quantitative estimate of drug-likeness (QED) is 0.175. The van der Waals surface area contributed by atoms with Crippen LogP contribution in [0.15, 0.2) is 53.6 Å². The molecular formula is C40H43N7O10. The standard InChI is InChI=1S/C39H41N7O8.CH2O2/c1-42(2)32-16-24-25(17-40-32)36(49)44(4)19-26(24)22-14-30(53-5)27(31(15-22)54-6)20-45-13-12-29(45)38(51)43(3)18-21-8-7-9-23-34(21)39(52)46(37(23)50)28-10-11-33(47)41-35(28)48;2-1-3/h7-9,14-17,19,28-29H,10-13,18,20H2,1-6H3,(H,41,47,48);1H,(H,2,3)/t28?,29-;/m0./s1. The number of ether oxygens (including phenoxy) is 2. The van der Waals surface area contributed by atoms with Crippen molar-refractivity contribution < 1.29 is 43.3 Å². The molecule has 2 fully saturated rings. The minimum Gasteiger partial charge on any atom is -0.496 e. The largest absolute Gasteiger partial charge is 0.496 e. The first kappa shape index (κ1) is 40.1. The molecule has 2 aromatic heterocycles. The third kappa shape index (κ3) is 7.40. The molecule has 3 aliphatic rings. The van der Waals surface area contributed by atoms with Crippen LogP contribution in [-0.2, 0) is 39.3 Å². The number of nitrogens with one attached hydrogen (secondary N) is 1. The molecule has 2 atom stereocenters. The number of nitrogens with zero attached hydrogens (tertiary/aromatic N) is 6. The molecule has 2 aromatic carbocycles. The summed E-state index contributed by atoms with van der Waals surface area (Å²) in [5.74, 6) is -0.676. The molecule has 0 aliphatic carbocycles. The smallest absolute Gasteiger partial charge is 0.290 e. The molecular weight excluding hydrogens is 738 g/mol. The number of benzene rings is 2. The molecule has 57 heavy (non-hydrogen) atoms. The maximum atomic E-state index is 13.9. The normalized spacial score (nSPS) is 17.6. The highest BCUT2D eigenvalue weighted by Crippen LogP contribution is 2.40. The van der Waals surface area contributed by atoms with Crippen molar-refractivity contribution in [2.75, 3.05) is 46.8 Å². The van der Waals surface area contributed by atoms with E-state index in [1.807, 2.05) is 42.1 Å². The average Bonchev–Trinajstić information content (AvgIpc) is 3.43. The van der Waals surface area contributed by atoms with Gasteiger partial charge >= 0.3 is 0 Å². The summed E-state index contributed by atoms with van der Waals surface area (Å²) >= 11 is 0. The van der Waals surface area contributed by atoms with E-state index in [9.17, 15) is 28.8 Å². The number of rotatable bonds is 10. The minimum atomic E-state index is -1.08. The Bertz CT molecular complexity index is 2350. The molecule has 0 saturated carbocycles. The van der Waals surface area contributed by atoms with Crippen molar-refractivity contribution in [3.8, 4) is 22.6 Å². The van der Waals surface area contributed by atoms with Crippen LogP contribution in [0.5, 0.6) is 11.5 Å². The number of fused-ring (bicyclic) bond motifs is 2. The van der Waals surface area contributed by atoms with Crippen molar-refractivity contribution in [1.82, 2.24) is 29.6 Å². The zero-order chi connectivity index (χ0) is 41.3. The summed E-state index contributed by atoms with van der Waals surface area (Å²) in [5.41, 5.74) is 2.98. The minimum absolute atomic E-state index is 0.0236. The molecule has 7 rings (SSSR count). The van der Waals surface area contributed by atoms with Crippen molar-refractivity contribution in [3.05, 3.63) is 81.4 Å². The number of imide groups is 2. The van der Waals surface area contributed by atoms with Gasteiger partial charge in [0.25, 0.3) is 23.8 Å². The predicted molar refractivity (Wildman–Crippen MR) is 207 cm³/mol. The topological polar surface area (TPSA) is 201 Å². The Morgan fingerprint density at radius 3 is 2.26 bits per heavy atom. The summed E-state index contributed by atoms with van der Waals surface area (Å²) in [6, 6.07) is 9.04. The summed E-state index contributed by atoms with van der Waals surface area (Å²) in [7, 11) is 10.3. The van der Waals surface area contributed by atoms with Gasteiger partial charge in [-0.2, -0.15) is 0 Å². The number of pyridine rings is 2. The van der Waals surface area contributed by atoms with Gasteiger partial charge in [0.15, 0.2) is 0 Å². The molecule has 4 aromatic rings. The number of likely N-dealkylation sites (tertiary alicyclic amines) is 1. The molecule has 0 radical (unpaired) electrons. The second-order valence-electron chi connectivity index (χ2n) is 14.2. The maximum absolute atomic E-state index is 13.9. The van der Waals surface area contributed by atoms with Crippen LogP contribution in [-0.4, -0.2) is 119 Å². The van der Waals surface area contributed by atoms with Crippen LogP contribution in [0.3, 0.4) is 0 Å². The molecule has 17 nitrogen and oxygen atoms in total. The van der Waals surface area contributed by atoms with Gasteiger partial charge in [0.2, 0.25) is 17.7 Å². The lowest BCUT2D eigenvalue weighted by atomic mass is 9.96. The van der Waals surface area contributed by atoms with E-state index in [-0.39, 0.29) is 48.5 Å². The van der Waals surface area contributed by atoms with E-state index in [0.717, 1.165) is 27.0 Å². The van der Waals surface area contributed by atoms with Gasteiger partial charge in [0, 0.05) is 77.6 Å². The Morgan fingerprint density at radius 2 is 1.67 bits per heavy atom. The van der Waals surface area contributed by atoms with Gasteiger partial charge in [-0.3, -0.25) is 48.7 Å². The lowest BCUT2D eigenvalue weighted by Gasteiger charge is -2.42. The zero-order valence-corrected chi connectivity index (χ0v) is 32.4. The van der Waals surface area contributed by atoms with E-state index in [1.54, 1.807) is 52.8 Å². The van der Waals surface area contributed by atoms with Crippen LogP contribution in [0.4, 0.5) is 5.82 Å². The van der Waals surface area contributed by atoms with Gasteiger partial charge in [-0.25, -0.2) is 4.98 Å². The number of hydrogen-bond acceptors (Lipinski definition) is 12. The number of amides is 5. The van der Waals surface area contributed by atoms with E-state index in [0.29, 0.717) is 47.8 Å². The number of carboxylic acid groups (broad SMARTS) is 1. The number of likely N-dealkylation sites (N-methyl/N-ethyl adjacent to an activating group) is 1. The van der Waals surface area contributed by atoms with Crippen molar-refractivity contribution in [3.63, 3.8) is 0 Å². The Hall–Kier alpha value is -6.62. The summed E-state index contributed by atoms with van der Waals surface area (Å²) in [4.78, 5) is 97.3. The number of hydrogen-bond donors (Lipinski definition) is 2. The molecule has 2 N–H and O–H groups in total. The lowest BCUT2D eigenvalue weighted by Crippen LogP contribution is -2.55. The summed E-state index contributed by atoms with van der Waals surface area (Å²) in [6.45, 7) is 0.821. The maximum Gasteiger partial charge on any atom is 0.290 e. The van der Waals surface area contributed by atoms with Crippen LogP contribution in [0.25, 0.3) is 21.9 Å². The third-order valence-electron chi connectivity index (χ3n) is 10.5. The van der Waals surface area contributed by atoms with Crippen LogP contribution in [0, 0.1) is 0 Å². The first-order valence-corrected chi connectivity index (χ1v) is 18.1. The van der Waals surface area contributed by atoms with E-state index >= 15 is 0 Å². The molecule has 5 amide bonds. The number of aromatic nitrogens is 2. The van der Waals surface area contributed by atoms with Crippen LogP contribution in [0.2, 0.25) is 0 Å². The highest BCUT2D eigenvalue weighted by atomic mass is 16.5. The summed E-state index contributed by atoms with van der Waals surface area (Å²) < 4.78 is 13.3. The number of piperidine rings is 1. The zero-order valence-electron chi connectivity index (χ0n) is 32.4. The number of carbonyl (C=O) groups is 6. The van der Waals surface area contributed by atoms with E-state index in [2.05, 4.69) is 10.3 Å². The molecule has 0 bridgehead atoms. The predicted octanol–water partition coefficient (Wildman–Crippen LogP) is 2.02. The highest BCUT2D eigenvalue weighted by molar-refractivity contribution is 6.24. The van der Waals surface area contributed by atoms with Crippen LogP contribution >= 0.6 is 0 Å². The molecule has 0 spiro atoms. The molecule has 3 aliphatic heterocycles. The molecule has 17 heteroatoms. The molecule has 2 saturated heterocycles. The first-order chi connectivity index (χ1) is 27.2. The number of aryl methyl sites for hydroxylation is 1. The first-order valence-electron chi connectivity index (χ1n) is 18.1. The van der Waals surface area contributed by atoms with Crippen molar-refractivity contribution in [2.24, 2.45) is 7.05 Å². The Labute approximate surface area is 327 Å². The van der Waals surface area contributed by atoms with Crippen LogP contribution < -0.4 is 25.2 Å². The molecule has 1 unspecified atom stereocenters. The van der Waals surface area contributed by atoms with E-state index in [4.69, 9.17) is 19.4 Å². The van der Waals surface area contributed by atoms with Gasteiger partial charge in [-0.15, -0.1) is 0 Å². The van der Waals surface area contributed by atoms with Crippen molar-refractivity contribution in [1.29, 1.82) is 0 Å². The molecule has 5 heterocycles. The number of anilines is 1. The number of methoxy groups -OCH3 is 2. The van der Waals surface area contributed by atoms with Gasteiger partial charge in [0.1, 0.15) is 23.4 Å². The summed E-state index contributed by atoms with van der Waals surface area (Å²) in [6.07, 6.45) is 4.08. The summed E-state index contributed by atoms with van der Waals surface area (Å²) in [5, 5.41) is 10.3. The van der Waals surface area contributed by atoms with Gasteiger partial charge in [-0.05, 0) is 48.2 Å². The Morgan fingerprint density at radius 1 is 0.982 bits per heavy atom. The fraction of sp³-hybridized carbons (Fsp3) is 0.350. The van der Waals surface area contributed by atoms with Gasteiger partial charge in [0.05, 0.1) is 42.3 Å².